The van der Waals surface area contributed by atoms with Crippen molar-refractivity contribution in [2.24, 2.45) is 5.92 Å². The number of hydrogen-bond donors (Lipinski definition) is 1. The summed E-state index contributed by atoms with van der Waals surface area (Å²) in [5, 5.41) is 11.2. The van der Waals surface area contributed by atoms with Gasteiger partial charge in [-0.2, -0.15) is 0 Å². The summed E-state index contributed by atoms with van der Waals surface area (Å²) in [5.41, 5.74) is 2.25. The van der Waals surface area contributed by atoms with E-state index in [-0.39, 0.29) is 17.9 Å². The Labute approximate surface area is 199 Å². The van der Waals surface area contributed by atoms with Crippen molar-refractivity contribution in [2.45, 2.75) is 39.8 Å². The van der Waals surface area contributed by atoms with E-state index in [2.05, 4.69) is 13.8 Å². The van der Waals surface area contributed by atoms with Crippen LogP contribution in [0.2, 0.25) is 0 Å². The SMILES string of the molecule is Cc1ccc(C(O)=C2C(=O)C(=O)N(Cc3ccco3)C2c2cccc(OCCC(C)C)c2)cc1. The summed E-state index contributed by atoms with van der Waals surface area (Å²) >= 11 is 0. The lowest BCUT2D eigenvalue weighted by Crippen LogP contribution is -2.29. The zero-order chi connectivity index (χ0) is 24.2. The molecule has 1 amide bonds. The number of benzene rings is 2. The molecule has 1 atom stereocenters. The van der Waals surface area contributed by atoms with Crippen LogP contribution < -0.4 is 4.74 Å². The van der Waals surface area contributed by atoms with E-state index >= 15 is 0 Å². The van der Waals surface area contributed by atoms with E-state index in [1.165, 1.54) is 11.2 Å². The van der Waals surface area contributed by atoms with Gasteiger partial charge in [-0.3, -0.25) is 9.59 Å². The molecule has 1 fully saturated rings. The van der Waals surface area contributed by atoms with Crippen LogP contribution in [0.25, 0.3) is 5.76 Å². The van der Waals surface area contributed by atoms with Gasteiger partial charge in [-0.05, 0) is 49.1 Å². The van der Waals surface area contributed by atoms with Gasteiger partial charge in [0.1, 0.15) is 17.3 Å². The number of aliphatic hydroxyl groups is 1. The van der Waals surface area contributed by atoms with Crippen molar-refractivity contribution in [3.05, 3.63) is 95.0 Å². The van der Waals surface area contributed by atoms with E-state index in [9.17, 15) is 14.7 Å². The molecule has 0 saturated carbocycles. The van der Waals surface area contributed by atoms with Gasteiger partial charge >= 0.3 is 0 Å². The molecule has 1 saturated heterocycles. The van der Waals surface area contributed by atoms with Crippen LogP contribution in [0.3, 0.4) is 0 Å². The van der Waals surface area contributed by atoms with Crippen LogP contribution in [0, 0.1) is 12.8 Å². The fraction of sp³-hybridized carbons (Fsp3) is 0.286. The number of aryl methyl sites for hydroxylation is 1. The van der Waals surface area contributed by atoms with Gasteiger partial charge in [-0.1, -0.05) is 55.8 Å². The Morgan fingerprint density at radius 3 is 2.53 bits per heavy atom. The molecular weight excluding hydrogens is 430 g/mol. The number of ether oxygens (including phenoxy) is 1. The number of carbonyl (C=O) groups excluding carboxylic acids is 2. The monoisotopic (exact) mass is 459 g/mol. The van der Waals surface area contributed by atoms with Crippen molar-refractivity contribution in [1.29, 1.82) is 0 Å². The molecule has 34 heavy (non-hydrogen) atoms. The molecule has 0 spiro atoms. The molecule has 6 heteroatoms. The van der Waals surface area contributed by atoms with E-state index in [1.807, 2.05) is 43.3 Å². The smallest absolute Gasteiger partial charge is 0.296 e. The topological polar surface area (TPSA) is 80.0 Å². The van der Waals surface area contributed by atoms with Crippen molar-refractivity contribution < 1.29 is 23.8 Å². The third-order valence-electron chi connectivity index (χ3n) is 5.91. The van der Waals surface area contributed by atoms with Gasteiger partial charge in [0.2, 0.25) is 0 Å². The second-order valence-electron chi connectivity index (χ2n) is 8.98. The summed E-state index contributed by atoms with van der Waals surface area (Å²) in [6.07, 6.45) is 2.44. The Balaban J connectivity index is 1.77. The average molecular weight is 460 g/mol. The second-order valence-corrected chi connectivity index (χ2v) is 8.98. The third kappa shape index (κ3) is 4.91. The number of furan rings is 1. The summed E-state index contributed by atoms with van der Waals surface area (Å²) in [6.45, 7) is 6.87. The number of Topliss-reactive ketones (excluding diaryl/α,β-unsaturated/α-hetero) is 1. The lowest BCUT2D eigenvalue weighted by atomic mass is 9.95. The first kappa shape index (κ1) is 23.4. The van der Waals surface area contributed by atoms with Crippen LogP contribution in [0.15, 0.2) is 76.9 Å². The highest BCUT2D eigenvalue weighted by atomic mass is 16.5. The predicted molar refractivity (Wildman–Crippen MR) is 129 cm³/mol. The van der Waals surface area contributed by atoms with Gasteiger partial charge in [0.25, 0.3) is 11.7 Å². The van der Waals surface area contributed by atoms with Crippen molar-refractivity contribution in [1.82, 2.24) is 4.90 Å². The van der Waals surface area contributed by atoms with E-state index in [4.69, 9.17) is 9.15 Å². The summed E-state index contributed by atoms with van der Waals surface area (Å²) in [5.74, 6) is 0.111. The molecule has 1 N–H and O–H groups in total. The zero-order valence-electron chi connectivity index (χ0n) is 19.7. The molecule has 1 aliphatic heterocycles. The summed E-state index contributed by atoms with van der Waals surface area (Å²) < 4.78 is 11.4. The lowest BCUT2D eigenvalue weighted by molar-refractivity contribution is -0.140. The first-order valence-corrected chi connectivity index (χ1v) is 11.5. The van der Waals surface area contributed by atoms with Crippen molar-refractivity contribution in [2.75, 3.05) is 6.61 Å². The minimum absolute atomic E-state index is 0.0553. The molecule has 0 radical (unpaired) electrons. The number of likely N-dealkylation sites (tertiary alicyclic amines) is 1. The molecule has 3 aromatic rings. The molecule has 6 nitrogen and oxygen atoms in total. The van der Waals surface area contributed by atoms with Gasteiger partial charge in [-0.25, -0.2) is 0 Å². The molecule has 4 rings (SSSR count). The number of ketones is 1. The quantitative estimate of drug-likeness (QED) is 0.268. The average Bonchev–Trinajstić information content (AvgIpc) is 3.41. The fourth-order valence-electron chi connectivity index (χ4n) is 4.01. The highest BCUT2D eigenvalue weighted by Crippen LogP contribution is 2.41. The Bertz CT molecular complexity index is 1190. The number of aliphatic hydroxyl groups excluding tert-OH is 1. The summed E-state index contributed by atoms with van der Waals surface area (Å²) in [4.78, 5) is 27.7. The Morgan fingerprint density at radius 2 is 1.85 bits per heavy atom. The highest BCUT2D eigenvalue weighted by molar-refractivity contribution is 6.46. The Morgan fingerprint density at radius 1 is 1.09 bits per heavy atom. The molecular formula is C28H29NO5. The first-order valence-electron chi connectivity index (χ1n) is 11.5. The zero-order valence-corrected chi connectivity index (χ0v) is 19.7. The van der Waals surface area contributed by atoms with Crippen LogP contribution in [0.5, 0.6) is 5.75 Å². The molecule has 1 aromatic heterocycles. The number of nitrogens with zero attached hydrogens (tertiary/aromatic N) is 1. The fourth-order valence-corrected chi connectivity index (χ4v) is 4.01. The predicted octanol–water partition coefficient (Wildman–Crippen LogP) is 5.63. The number of hydrogen-bond acceptors (Lipinski definition) is 5. The van der Waals surface area contributed by atoms with E-state index in [0.717, 1.165) is 12.0 Å². The van der Waals surface area contributed by atoms with E-state index < -0.39 is 17.7 Å². The second kappa shape index (κ2) is 10.00. The number of carbonyl (C=O) groups is 2. The van der Waals surface area contributed by atoms with E-state index in [0.29, 0.717) is 35.2 Å². The van der Waals surface area contributed by atoms with Crippen LogP contribution in [-0.2, 0) is 16.1 Å². The van der Waals surface area contributed by atoms with Gasteiger partial charge in [0.15, 0.2) is 0 Å². The van der Waals surface area contributed by atoms with Gasteiger partial charge in [0, 0.05) is 5.56 Å². The molecule has 176 valence electrons. The molecule has 1 unspecified atom stereocenters. The van der Waals surface area contributed by atoms with Crippen LogP contribution in [-0.4, -0.2) is 28.3 Å². The Kier molecular flexibility index (Phi) is 6.87. The van der Waals surface area contributed by atoms with Crippen LogP contribution >= 0.6 is 0 Å². The molecule has 2 heterocycles. The largest absolute Gasteiger partial charge is 0.507 e. The number of rotatable bonds is 8. The molecule has 0 aliphatic carbocycles. The summed E-state index contributed by atoms with van der Waals surface area (Å²) in [7, 11) is 0. The molecule has 0 bridgehead atoms. The normalized spacial score (nSPS) is 17.5. The summed E-state index contributed by atoms with van der Waals surface area (Å²) in [6, 6.07) is 17.2. The first-order chi connectivity index (χ1) is 16.3. The molecule has 1 aliphatic rings. The standard InChI is InChI=1S/C28H29NO5/c1-18(2)13-15-34-22-7-4-6-21(16-22)25-24(26(30)20-11-9-19(3)10-12-20)27(31)28(32)29(25)17-23-8-5-14-33-23/h4-12,14,16,18,25,30H,13,15,17H2,1-3H3. The van der Waals surface area contributed by atoms with Crippen LogP contribution in [0.4, 0.5) is 0 Å². The lowest BCUT2D eigenvalue weighted by Gasteiger charge is -2.25. The van der Waals surface area contributed by atoms with E-state index in [1.54, 1.807) is 24.3 Å². The Hall–Kier alpha value is -3.80. The minimum Gasteiger partial charge on any atom is -0.507 e. The van der Waals surface area contributed by atoms with Gasteiger partial charge < -0.3 is 19.2 Å². The third-order valence-corrected chi connectivity index (χ3v) is 5.91. The maximum absolute atomic E-state index is 13.2. The van der Waals surface area contributed by atoms with Gasteiger partial charge in [0.05, 0.1) is 31.0 Å². The minimum atomic E-state index is -0.778. The van der Waals surface area contributed by atoms with Crippen molar-refractivity contribution >= 4 is 17.4 Å². The van der Waals surface area contributed by atoms with Gasteiger partial charge in [-0.15, -0.1) is 0 Å². The maximum Gasteiger partial charge on any atom is 0.296 e. The number of amides is 1. The molecule has 2 aromatic carbocycles. The highest BCUT2D eigenvalue weighted by Gasteiger charge is 2.46. The van der Waals surface area contributed by atoms with Crippen molar-refractivity contribution in [3.8, 4) is 5.75 Å². The van der Waals surface area contributed by atoms with Crippen molar-refractivity contribution in [3.63, 3.8) is 0 Å². The van der Waals surface area contributed by atoms with Crippen LogP contribution in [0.1, 0.15) is 48.8 Å². The maximum atomic E-state index is 13.2.